The smallest absolute Gasteiger partial charge is 0.270 e. The van der Waals surface area contributed by atoms with Crippen LogP contribution in [0.2, 0.25) is 5.02 Å². The summed E-state index contributed by atoms with van der Waals surface area (Å²) in [6.07, 6.45) is 0. The Morgan fingerprint density at radius 2 is 1.15 bits per heavy atom. The third-order valence-electron chi connectivity index (χ3n) is 3.85. The molecule has 0 spiro atoms. The van der Waals surface area contributed by atoms with E-state index in [9.17, 15) is 14.4 Å². The number of carbonyl (C=O) groups is 3. The number of amides is 2. The average Bonchev–Trinajstić information content (AvgIpc) is 2.72. The second kappa shape index (κ2) is 8.29. The van der Waals surface area contributed by atoms with Crippen LogP contribution in [0.25, 0.3) is 0 Å². The highest BCUT2D eigenvalue weighted by Gasteiger charge is 2.18. The zero-order chi connectivity index (χ0) is 19.2. The topological polar surface area (TPSA) is 75.3 Å². The fraction of sp³-hybridized carbons (Fsp3) is 0. The first-order valence-corrected chi connectivity index (χ1v) is 8.49. The number of hydrogen-bond acceptors (Lipinski definition) is 3. The van der Waals surface area contributed by atoms with Gasteiger partial charge in [-0.25, -0.2) is 0 Å². The second-order valence-corrected chi connectivity index (χ2v) is 6.09. The highest BCUT2D eigenvalue weighted by Crippen LogP contribution is 2.17. The summed E-state index contributed by atoms with van der Waals surface area (Å²) in [4.78, 5) is 37.3. The molecule has 0 heterocycles. The van der Waals surface area contributed by atoms with Gasteiger partial charge < -0.3 is 0 Å². The number of ketones is 1. The first-order chi connectivity index (χ1) is 13.1. The molecule has 6 heteroatoms. The van der Waals surface area contributed by atoms with Crippen LogP contribution >= 0.6 is 11.6 Å². The van der Waals surface area contributed by atoms with Crippen molar-refractivity contribution in [1.82, 2.24) is 10.9 Å². The summed E-state index contributed by atoms with van der Waals surface area (Å²) >= 11 is 5.85. The summed E-state index contributed by atoms with van der Waals surface area (Å²) in [7, 11) is 0. The van der Waals surface area contributed by atoms with Crippen molar-refractivity contribution in [2.45, 2.75) is 0 Å². The van der Waals surface area contributed by atoms with Gasteiger partial charge in [0.1, 0.15) is 0 Å². The Labute approximate surface area is 160 Å². The molecule has 3 rings (SSSR count). The molecule has 2 amide bonds. The van der Waals surface area contributed by atoms with Crippen LogP contribution in [0.5, 0.6) is 0 Å². The molecule has 0 saturated heterocycles. The molecule has 27 heavy (non-hydrogen) atoms. The van der Waals surface area contributed by atoms with Crippen LogP contribution in [-0.2, 0) is 0 Å². The van der Waals surface area contributed by atoms with Crippen molar-refractivity contribution in [3.63, 3.8) is 0 Å². The minimum atomic E-state index is -0.586. The Morgan fingerprint density at radius 1 is 0.593 bits per heavy atom. The Kier molecular flexibility index (Phi) is 5.64. The Balaban J connectivity index is 1.77. The van der Waals surface area contributed by atoms with Gasteiger partial charge in [-0.3, -0.25) is 25.2 Å². The number of nitrogens with one attached hydrogen (secondary N) is 2. The van der Waals surface area contributed by atoms with Gasteiger partial charge in [0.25, 0.3) is 11.8 Å². The van der Waals surface area contributed by atoms with Crippen molar-refractivity contribution in [2.75, 3.05) is 0 Å². The van der Waals surface area contributed by atoms with E-state index in [1.807, 2.05) is 0 Å². The summed E-state index contributed by atoms with van der Waals surface area (Å²) in [6, 6.07) is 21.3. The predicted molar refractivity (Wildman–Crippen MR) is 103 cm³/mol. The Hall–Kier alpha value is -3.44. The molecule has 0 aliphatic heterocycles. The van der Waals surface area contributed by atoms with E-state index in [1.165, 1.54) is 6.07 Å². The van der Waals surface area contributed by atoms with Crippen molar-refractivity contribution >= 4 is 29.2 Å². The molecule has 3 aromatic rings. The summed E-state index contributed by atoms with van der Waals surface area (Å²) in [5.74, 6) is -1.35. The highest BCUT2D eigenvalue weighted by atomic mass is 35.5. The van der Waals surface area contributed by atoms with Crippen LogP contribution in [-0.4, -0.2) is 17.6 Å². The summed E-state index contributed by atoms with van der Waals surface area (Å²) in [5, 5.41) is 0.515. The first-order valence-electron chi connectivity index (χ1n) is 8.11. The summed E-state index contributed by atoms with van der Waals surface area (Å²) in [5.41, 5.74) is 5.89. The van der Waals surface area contributed by atoms with Crippen molar-refractivity contribution in [2.24, 2.45) is 0 Å². The van der Waals surface area contributed by atoms with E-state index in [2.05, 4.69) is 10.9 Å². The van der Waals surface area contributed by atoms with Crippen molar-refractivity contribution in [3.05, 3.63) is 106 Å². The van der Waals surface area contributed by atoms with Crippen LogP contribution in [0.1, 0.15) is 36.6 Å². The number of hydrazine groups is 1. The van der Waals surface area contributed by atoms with E-state index < -0.39 is 11.8 Å². The molecule has 0 saturated carbocycles. The van der Waals surface area contributed by atoms with Gasteiger partial charge in [-0.05, 0) is 42.5 Å². The van der Waals surface area contributed by atoms with E-state index >= 15 is 0 Å². The fourth-order valence-corrected chi connectivity index (χ4v) is 2.60. The van der Waals surface area contributed by atoms with Gasteiger partial charge >= 0.3 is 0 Å². The van der Waals surface area contributed by atoms with E-state index in [0.717, 1.165) is 0 Å². The lowest BCUT2D eigenvalue weighted by molar-refractivity contribution is 0.0845. The maximum absolute atomic E-state index is 12.7. The summed E-state index contributed by atoms with van der Waals surface area (Å²) < 4.78 is 0. The van der Waals surface area contributed by atoms with Crippen molar-refractivity contribution in [1.29, 1.82) is 0 Å². The molecule has 3 aromatic carbocycles. The molecule has 2 N–H and O–H groups in total. The van der Waals surface area contributed by atoms with Crippen molar-refractivity contribution < 1.29 is 14.4 Å². The van der Waals surface area contributed by atoms with Gasteiger partial charge in [0.2, 0.25) is 0 Å². The molecule has 0 aliphatic carbocycles. The first kappa shape index (κ1) is 18.4. The lowest BCUT2D eigenvalue weighted by atomic mass is 9.98. The number of carbonyl (C=O) groups excluding carboxylic acids is 3. The number of halogens is 1. The number of benzene rings is 3. The van der Waals surface area contributed by atoms with Gasteiger partial charge in [-0.2, -0.15) is 0 Å². The molecular weight excluding hydrogens is 364 g/mol. The number of rotatable bonds is 4. The van der Waals surface area contributed by atoms with Crippen LogP contribution in [0.4, 0.5) is 0 Å². The molecule has 0 bridgehead atoms. The average molecular weight is 379 g/mol. The maximum atomic E-state index is 12.7. The zero-order valence-electron chi connectivity index (χ0n) is 14.1. The van der Waals surface area contributed by atoms with E-state index in [-0.39, 0.29) is 16.9 Å². The second-order valence-electron chi connectivity index (χ2n) is 5.66. The fourth-order valence-electron chi connectivity index (χ4n) is 2.48. The zero-order valence-corrected chi connectivity index (χ0v) is 14.9. The minimum absolute atomic E-state index is 0.158. The molecule has 0 fully saturated rings. The monoisotopic (exact) mass is 378 g/mol. The molecule has 134 valence electrons. The molecule has 0 aromatic heterocycles. The molecular formula is C21H15ClN2O3. The standard InChI is InChI=1S/C21H15ClN2O3/c22-16-12-10-14(11-13-16)19(25)17-8-4-5-9-18(17)21(27)24-23-20(26)15-6-2-1-3-7-15/h1-13H,(H,23,26)(H,24,27). The van der Waals surface area contributed by atoms with Crippen LogP contribution in [0.15, 0.2) is 78.9 Å². The Bertz CT molecular complexity index is 986. The normalized spacial score (nSPS) is 10.1. The van der Waals surface area contributed by atoms with Gasteiger partial charge in [0.05, 0.1) is 5.56 Å². The van der Waals surface area contributed by atoms with E-state index in [1.54, 1.807) is 72.8 Å². The molecule has 0 atom stereocenters. The third kappa shape index (κ3) is 4.40. The quantitative estimate of drug-likeness (QED) is 0.537. The van der Waals surface area contributed by atoms with Crippen LogP contribution in [0.3, 0.4) is 0 Å². The largest absolute Gasteiger partial charge is 0.289 e. The summed E-state index contributed by atoms with van der Waals surface area (Å²) in [6.45, 7) is 0. The SMILES string of the molecule is O=C(NNC(=O)c1ccccc1C(=O)c1ccc(Cl)cc1)c1ccccc1. The number of hydrogen-bond donors (Lipinski definition) is 2. The van der Waals surface area contributed by atoms with Crippen LogP contribution < -0.4 is 10.9 Å². The third-order valence-corrected chi connectivity index (χ3v) is 4.10. The van der Waals surface area contributed by atoms with E-state index in [4.69, 9.17) is 11.6 Å². The molecule has 0 aliphatic rings. The molecule has 5 nitrogen and oxygen atoms in total. The van der Waals surface area contributed by atoms with Crippen LogP contribution in [0, 0.1) is 0 Å². The highest BCUT2D eigenvalue weighted by molar-refractivity contribution is 6.30. The van der Waals surface area contributed by atoms with Crippen molar-refractivity contribution in [3.8, 4) is 0 Å². The predicted octanol–water partition coefficient (Wildman–Crippen LogP) is 3.65. The van der Waals surface area contributed by atoms with Gasteiger partial charge in [0.15, 0.2) is 5.78 Å². The molecule has 0 unspecified atom stereocenters. The lowest BCUT2D eigenvalue weighted by Crippen LogP contribution is -2.42. The van der Waals surface area contributed by atoms with Gasteiger partial charge in [0, 0.05) is 21.7 Å². The van der Waals surface area contributed by atoms with Gasteiger partial charge in [-0.1, -0.05) is 48.0 Å². The lowest BCUT2D eigenvalue weighted by Gasteiger charge is -2.11. The van der Waals surface area contributed by atoms with E-state index in [0.29, 0.717) is 16.1 Å². The maximum Gasteiger partial charge on any atom is 0.270 e. The molecule has 0 radical (unpaired) electrons. The van der Waals surface area contributed by atoms with Gasteiger partial charge in [-0.15, -0.1) is 0 Å². The minimum Gasteiger partial charge on any atom is -0.289 e. The Morgan fingerprint density at radius 3 is 1.81 bits per heavy atom.